The van der Waals surface area contributed by atoms with E-state index in [1.807, 2.05) is 0 Å². The second-order valence-electron chi connectivity index (χ2n) is 3.02. The summed E-state index contributed by atoms with van der Waals surface area (Å²) in [6.07, 6.45) is 2.08. The van der Waals surface area contributed by atoms with Crippen LogP contribution in [0.25, 0.3) is 0 Å². The number of nitrogens with zero attached hydrogens (tertiary/aromatic N) is 1. The van der Waals surface area contributed by atoms with Crippen molar-refractivity contribution in [2.45, 2.75) is 12.8 Å². The summed E-state index contributed by atoms with van der Waals surface area (Å²) in [5.41, 5.74) is 0. The Morgan fingerprint density at radius 3 is 2.23 bits per heavy atom. The highest BCUT2D eigenvalue weighted by molar-refractivity contribution is 5.85. The molecule has 0 atom stereocenters. The second kappa shape index (κ2) is 10.5. The quantitative estimate of drug-likeness (QED) is 0.692. The van der Waals surface area contributed by atoms with Crippen LogP contribution in [0, 0.1) is 0 Å². The number of hydrogen-bond acceptors (Lipinski definition) is 3. The van der Waals surface area contributed by atoms with E-state index in [9.17, 15) is 0 Å². The summed E-state index contributed by atoms with van der Waals surface area (Å²) in [6.45, 7) is 6.09. The molecule has 0 unspecified atom stereocenters. The fourth-order valence-electron chi connectivity index (χ4n) is 1.38. The molecule has 1 fully saturated rings. The minimum Gasteiger partial charge on any atom is -0.396 e. The van der Waals surface area contributed by atoms with Crippen LogP contribution >= 0.6 is 24.8 Å². The van der Waals surface area contributed by atoms with Gasteiger partial charge in [-0.1, -0.05) is 0 Å². The molecule has 1 aliphatic rings. The highest BCUT2D eigenvalue weighted by atomic mass is 35.5. The Hall–Kier alpha value is 0.460. The van der Waals surface area contributed by atoms with E-state index < -0.39 is 0 Å². The maximum absolute atomic E-state index is 8.56. The number of halogens is 2. The molecule has 3 nitrogen and oxygen atoms in total. The Bertz CT molecular complexity index is 100. The van der Waals surface area contributed by atoms with E-state index in [0.29, 0.717) is 6.61 Å². The molecule has 1 aliphatic heterocycles. The Labute approximate surface area is 92.7 Å². The predicted octanol–water partition coefficient (Wildman–Crippen LogP) is 0.508. The van der Waals surface area contributed by atoms with E-state index in [2.05, 4.69) is 10.2 Å². The van der Waals surface area contributed by atoms with Gasteiger partial charge < -0.3 is 15.3 Å². The topological polar surface area (TPSA) is 35.5 Å². The number of hydrogen-bond donors (Lipinski definition) is 2. The molecule has 1 heterocycles. The van der Waals surface area contributed by atoms with Gasteiger partial charge in [0.25, 0.3) is 0 Å². The first-order valence-electron chi connectivity index (χ1n) is 4.47. The number of rotatable bonds is 4. The Balaban J connectivity index is 0. The summed E-state index contributed by atoms with van der Waals surface area (Å²) < 4.78 is 0. The molecule has 1 rings (SSSR count). The van der Waals surface area contributed by atoms with Crippen molar-refractivity contribution in [3.05, 3.63) is 0 Å². The molecule has 0 aliphatic carbocycles. The molecule has 0 aromatic rings. The van der Waals surface area contributed by atoms with Gasteiger partial charge in [0.1, 0.15) is 0 Å². The second-order valence-corrected chi connectivity index (χ2v) is 3.02. The van der Waals surface area contributed by atoms with Crippen LogP contribution in [0.5, 0.6) is 0 Å². The van der Waals surface area contributed by atoms with Crippen molar-refractivity contribution in [1.82, 2.24) is 10.2 Å². The van der Waals surface area contributed by atoms with Crippen LogP contribution in [0.2, 0.25) is 0 Å². The van der Waals surface area contributed by atoms with Gasteiger partial charge in [-0.05, 0) is 19.4 Å². The van der Waals surface area contributed by atoms with Crippen molar-refractivity contribution in [3.8, 4) is 0 Å². The SMILES string of the molecule is Cl.Cl.OCCCCN1CCNCC1. The maximum Gasteiger partial charge on any atom is 0.0431 e. The van der Waals surface area contributed by atoms with Crippen LogP contribution in [0.3, 0.4) is 0 Å². The highest BCUT2D eigenvalue weighted by Gasteiger charge is 2.07. The monoisotopic (exact) mass is 230 g/mol. The lowest BCUT2D eigenvalue weighted by Gasteiger charge is -2.26. The summed E-state index contributed by atoms with van der Waals surface area (Å²) in [4.78, 5) is 2.45. The molecule has 0 bridgehead atoms. The molecule has 5 heteroatoms. The van der Waals surface area contributed by atoms with Crippen LogP contribution < -0.4 is 5.32 Å². The van der Waals surface area contributed by atoms with E-state index in [4.69, 9.17) is 5.11 Å². The zero-order valence-electron chi connectivity index (χ0n) is 7.87. The predicted molar refractivity (Wildman–Crippen MR) is 60.1 cm³/mol. The molecular weight excluding hydrogens is 211 g/mol. The van der Waals surface area contributed by atoms with Crippen molar-refractivity contribution < 1.29 is 5.11 Å². The molecule has 1 saturated heterocycles. The molecule has 0 aromatic carbocycles. The summed E-state index contributed by atoms with van der Waals surface area (Å²) in [5.74, 6) is 0. The summed E-state index contributed by atoms with van der Waals surface area (Å²) in [5, 5.41) is 11.9. The molecule has 82 valence electrons. The van der Waals surface area contributed by atoms with E-state index in [-0.39, 0.29) is 24.8 Å². The van der Waals surface area contributed by atoms with Gasteiger partial charge in [0.2, 0.25) is 0 Å². The molecule has 0 aromatic heterocycles. The number of nitrogens with one attached hydrogen (secondary N) is 1. The van der Waals surface area contributed by atoms with Gasteiger partial charge in [-0.25, -0.2) is 0 Å². The standard InChI is InChI=1S/C8H18N2O.2ClH/c11-8-2-1-5-10-6-3-9-4-7-10;;/h9,11H,1-8H2;2*1H. The van der Waals surface area contributed by atoms with E-state index in [0.717, 1.165) is 32.5 Å². The van der Waals surface area contributed by atoms with Gasteiger partial charge in [-0.3, -0.25) is 0 Å². The molecule has 0 spiro atoms. The van der Waals surface area contributed by atoms with Crippen molar-refractivity contribution in [3.63, 3.8) is 0 Å². The van der Waals surface area contributed by atoms with Crippen LogP contribution in [0.1, 0.15) is 12.8 Å². The van der Waals surface area contributed by atoms with Crippen molar-refractivity contribution in [1.29, 1.82) is 0 Å². The molecule has 0 radical (unpaired) electrons. The van der Waals surface area contributed by atoms with Gasteiger partial charge in [0, 0.05) is 32.8 Å². The van der Waals surface area contributed by atoms with Crippen LogP contribution in [-0.2, 0) is 0 Å². The minimum absolute atomic E-state index is 0. The number of piperazine rings is 1. The summed E-state index contributed by atoms with van der Waals surface area (Å²) in [7, 11) is 0. The van der Waals surface area contributed by atoms with Gasteiger partial charge in [0.15, 0.2) is 0 Å². The minimum atomic E-state index is 0. The Morgan fingerprint density at radius 2 is 1.69 bits per heavy atom. The van der Waals surface area contributed by atoms with Crippen LogP contribution in [0.4, 0.5) is 0 Å². The third-order valence-corrected chi connectivity index (χ3v) is 2.09. The zero-order chi connectivity index (χ0) is 7.94. The third kappa shape index (κ3) is 7.52. The number of aliphatic hydroxyl groups is 1. The smallest absolute Gasteiger partial charge is 0.0431 e. The largest absolute Gasteiger partial charge is 0.396 e. The number of aliphatic hydroxyl groups excluding tert-OH is 1. The summed E-state index contributed by atoms with van der Waals surface area (Å²) >= 11 is 0. The lowest BCUT2D eigenvalue weighted by molar-refractivity contribution is 0.221. The van der Waals surface area contributed by atoms with Crippen LogP contribution in [0.15, 0.2) is 0 Å². The molecule has 13 heavy (non-hydrogen) atoms. The van der Waals surface area contributed by atoms with Crippen molar-refractivity contribution in [2.75, 3.05) is 39.3 Å². The average molecular weight is 231 g/mol. The van der Waals surface area contributed by atoms with E-state index in [1.54, 1.807) is 0 Å². The highest BCUT2D eigenvalue weighted by Crippen LogP contribution is 1.96. The Morgan fingerprint density at radius 1 is 1.08 bits per heavy atom. The first kappa shape index (κ1) is 15.9. The molecule has 2 N–H and O–H groups in total. The fourth-order valence-corrected chi connectivity index (χ4v) is 1.38. The molecular formula is C8H20Cl2N2O. The summed E-state index contributed by atoms with van der Waals surface area (Å²) in [6, 6.07) is 0. The van der Waals surface area contributed by atoms with Crippen molar-refractivity contribution in [2.24, 2.45) is 0 Å². The fraction of sp³-hybridized carbons (Fsp3) is 1.00. The first-order chi connectivity index (χ1) is 5.43. The van der Waals surface area contributed by atoms with Crippen LogP contribution in [-0.4, -0.2) is 49.3 Å². The van der Waals surface area contributed by atoms with Crippen molar-refractivity contribution >= 4 is 24.8 Å². The lowest BCUT2D eigenvalue weighted by Crippen LogP contribution is -2.43. The van der Waals surface area contributed by atoms with Gasteiger partial charge >= 0.3 is 0 Å². The van der Waals surface area contributed by atoms with Gasteiger partial charge in [-0.15, -0.1) is 24.8 Å². The van der Waals surface area contributed by atoms with Gasteiger partial charge in [-0.2, -0.15) is 0 Å². The first-order valence-corrected chi connectivity index (χ1v) is 4.47. The molecule has 0 saturated carbocycles. The number of unbranched alkanes of at least 4 members (excludes halogenated alkanes) is 1. The van der Waals surface area contributed by atoms with Gasteiger partial charge in [0.05, 0.1) is 0 Å². The normalized spacial score (nSPS) is 17.3. The average Bonchev–Trinajstić information content (AvgIpc) is 2.07. The maximum atomic E-state index is 8.56. The lowest BCUT2D eigenvalue weighted by atomic mass is 10.3. The Kier molecular flexibility index (Phi) is 12.9. The van der Waals surface area contributed by atoms with E-state index >= 15 is 0 Å². The van der Waals surface area contributed by atoms with E-state index in [1.165, 1.54) is 13.1 Å². The zero-order valence-corrected chi connectivity index (χ0v) is 9.50. The third-order valence-electron chi connectivity index (χ3n) is 2.09. The molecule has 0 amide bonds.